The van der Waals surface area contributed by atoms with Crippen LogP contribution in [0.2, 0.25) is 0 Å². The van der Waals surface area contributed by atoms with Crippen LogP contribution in [0.25, 0.3) is 0 Å². The molecule has 0 saturated carbocycles. The Morgan fingerprint density at radius 1 is 1.39 bits per heavy atom. The highest BCUT2D eigenvalue weighted by molar-refractivity contribution is 6.05. The van der Waals surface area contributed by atoms with Gasteiger partial charge in [0.15, 0.2) is 17.3 Å². The number of H-pyrrole nitrogens is 1. The van der Waals surface area contributed by atoms with Crippen LogP contribution < -0.4 is 11.1 Å². The molecule has 0 atom stereocenters. The Hall–Kier alpha value is -2.70. The lowest BCUT2D eigenvalue weighted by atomic mass is 10.2. The number of nitrogens with zero attached hydrogens (tertiary/aromatic N) is 1. The van der Waals surface area contributed by atoms with Crippen LogP contribution in [-0.4, -0.2) is 26.3 Å². The number of rotatable bonds is 2. The second-order valence-electron chi connectivity index (χ2n) is 3.77. The van der Waals surface area contributed by atoms with Gasteiger partial charge in [0.25, 0.3) is 5.91 Å². The van der Waals surface area contributed by atoms with E-state index in [-0.39, 0.29) is 22.9 Å². The van der Waals surface area contributed by atoms with Gasteiger partial charge >= 0.3 is 0 Å². The Balaban J connectivity index is 2.22. The van der Waals surface area contributed by atoms with Crippen molar-refractivity contribution in [3.63, 3.8) is 0 Å². The maximum Gasteiger partial charge on any atom is 0.257 e. The summed E-state index contributed by atoms with van der Waals surface area (Å²) >= 11 is 0. The summed E-state index contributed by atoms with van der Waals surface area (Å²) in [5.41, 5.74) is 6.88. The van der Waals surface area contributed by atoms with Gasteiger partial charge in [0.2, 0.25) is 0 Å². The number of carbonyl (C=O) groups excluding carboxylic acids is 1. The molecule has 2 aromatic rings. The Bertz CT molecular complexity index is 606. The molecule has 7 heteroatoms. The van der Waals surface area contributed by atoms with E-state index in [1.165, 1.54) is 12.1 Å². The standard InChI is InChI=1S/C11H12N4O3/c1-5-9(12)10(15-14-5)13-11(18)6-2-3-7(16)8(17)4-6/h2-4,16-17H,12H2,1H3,(H2,13,14,15,18). The Labute approximate surface area is 102 Å². The third-order valence-corrected chi connectivity index (χ3v) is 2.46. The molecule has 0 unspecified atom stereocenters. The normalized spacial score (nSPS) is 10.3. The van der Waals surface area contributed by atoms with Gasteiger partial charge in [-0.25, -0.2) is 0 Å². The zero-order valence-electron chi connectivity index (χ0n) is 9.56. The van der Waals surface area contributed by atoms with Gasteiger partial charge in [-0.3, -0.25) is 9.89 Å². The number of benzene rings is 1. The Morgan fingerprint density at radius 2 is 2.11 bits per heavy atom. The van der Waals surface area contributed by atoms with Gasteiger partial charge in [0, 0.05) is 5.56 Å². The highest BCUT2D eigenvalue weighted by atomic mass is 16.3. The van der Waals surface area contributed by atoms with E-state index < -0.39 is 5.91 Å². The lowest BCUT2D eigenvalue weighted by Gasteiger charge is -2.04. The molecule has 6 N–H and O–H groups in total. The molecular weight excluding hydrogens is 236 g/mol. The van der Waals surface area contributed by atoms with Crippen LogP contribution in [0.3, 0.4) is 0 Å². The molecule has 0 saturated heterocycles. The monoisotopic (exact) mass is 248 g/mol. The number of hydrogen-bond donors (Lipinski definition) is 5. The van der Waals surface area contributed by atoms with E-state index in [2.05, 4.69) is 15.5 Å². The van der Waals surface area contributed by atoms with Gasteiger partial charge in [-0.1, -0.05) is 0 Å². The average Bonchev–Trinajstić information content (AvgIpc) is 2.64. The number of nitrogens with two attached hydrogens (primary N) is 1. The number of hydrogen-bond acceptors (Lipinski definition) is 5. The summed E-state index contributed by atoms with van der Waals surface area (Å²) < 4.78 is 0. The first kappa shape index (κ1) is 11.8. The molecule has 0 fully saturated rings. The molecule has 1 aromatic heterocycles. The fourth-order valence-corrected chi connectivity index (χ4v) is 1.38. The summed E-state index contributed by atoms with van der Waals surface area (Å²) in [5.74, 6) is -0.913. The maximum atomic E-state index is 11.8. The number of aryl methyl sites for hydroxylation is 1. The van der Waals surface area contributed by atoms with Crippen LogP contribution in [0.4, 0.5) is 11.5 Å². The minimum absolute atomic E-state index is 0.186. The number of aromatic hydroxyl groups is 2. The van der Waals surface area contributed by atoms with E-state index in [4.69, 9.17) is 10.8 Å². The Kier molecular flexibility index (Phi) is 2.80. The van der Waals surface area contributed by atoms with Crippen molar-refractivity contribution in [2.75, 3.05) is 11.1 Å². The topological polar surface area (TPSA) is 124 Å². The molecule has 1 amide bonds. The number of nitrogen functional groups attached to an aromatic ring is 1. The van der Waals surface area contributed by atoms with E-state index in [1.807, 2.05) is 0 Å². The molecule has 0 bridgehead atoms. The molecule has 2 rings (SSSR count). The average molecular weight is 248 g/mol. The number of aromatic amines is 1. The van der Waals surface area contributed by atoms with Crippen molar-refractivity contribution >= 4 is 17.4 Å². The molecule has 0 aliphatic rings. The van der Waals surface area contributed by atoms with Crippen LogP contribution >= 0.6 is 0 Å². The zero-order chi connectivity index (χ0) is 13.3. The van der Waals surface area contributed by atoms with E-state index in [0.717, 1.165) is 6.07 Å². The molecule has 0 aliphatic carbocycles. The Morgan fingerprint density at radius 3 is 2.67 bits per heavy atom. The number of nitrogens with one attached hydrogen (secondary N) is 2. The van der Waals surface area contributed by atoms with Gasteiger partial charge in [0.05, 0.1) is 11.4 Å². The summed E-state index contributed by atoms with van der Waals surface area (Å²) in [6, 6.07) is 3.75. The molecule has 0 aliphatic heterocycles. The third-order valence-electron chi connectivity index (χ3n) is 2.46. The quantitative estimate of drug-likeness (QED) is 0.506. The van der Waals surface area contributed by atoms with Gasteiger partial charge < -0.3 is 21.3 Å². The highest BCUT2D eigenvalue weighted by Crippen LogP contribution is 2.25. The predicted molar refractivity (Wildman–Crippen MR) is 65.5 cm³/mol. The van der Waals surface area contributed by atoms with Crippen molar-refractivity contribution in [1.29, 1.82) is 0 Å². The van der Waals surface area contributed by atoms with Gasteiger partial charge in [-0.15, -0.1) is 0 Å². The van der Waals surface area contributed by atoms with Crippen LogP contribution in [-0.2, 0) is 0 Å². The maximum absolute atomic E-state index is 11.8. The fraction of sp³-hybridized carbons (Fsp3) is 0.0909. The van der Waals surface area contributed by atoms with E-state index in [0.29, 0.717) is 11.4 Å². The third kappa shape index (κ3) is 2.05. The summed E-state index contributed by atoms with van der Waals surface area (Å²) in [4.78, 5) is 11.8. The van der Waals surface area contributed by atoms with Crippen LogP contribution in [0.15, 0.2) is 18.2 Å². The number of carbonyl (C=O) groups is 1. The highest BCUT2D eigenvalue weighted by Gasteiger charge is 2.13. The van der Waals surface area contributed by atoms with Crippen LogP contribution in [0, 0.1) is 6.92 Å². The predicted octanol–water partition coefficient (Wildman–Crippen LogP) is 0.964. The molecule has 0 radical (unpaired) electrons. The van der Waals surface area contributed by atoms with Crippen molar-refractivity contribution in [1.82, 2.24) is 10.2 Å². The molecule has 1 aromatic carbocycles. The van der Waals surface area contributed by atoms with Crippen molar-refractivity contribution < 1.29 is 15.0 Å². The largest absolute Gasteiger partial charge is 0.504 e. The van der Waals surface area contributed by atoms with E-state index >= 15 is 0 Å². The van der Waals surface area contributed by atoms with Gasteiger partial charge in [-0.2, -0.15) is 5.10 Å². The number of phenols is 2. The summed E-state index contributed by atoms with van der Waals surface area (Å²) in [5, 5.41) is 27.4. The van der Waals surface area contributed by atoms with Crippen molar-refractivity contribution in [3.05, 3.63) is 29.5 Å². The van der Waals surface area contributed by atoms with Crippen LogP contribution in [0.1, 0.15) is 16.1 Å². The van der Waals surface area contributed by atoms with Crippen molar-refractivity contribution in [2.45, 2.75) is 6.92 Å². The summed E-state index contributed by atoms with van der Waals surface area (Å²) in [6.07, 6.45) is 0. The minimum atomic E-state index is -0.483. The molecule has 94 valence electrons. The van der Waals surface area contributed by atoms with Crippen molar-refractivity contribution in [2.24, 2.45) is 0 Å². The molecule has 7 nitrogen and oxygen atoms in total. The molecule has 0 spiro atoms. The minimum Gasteiger partial charge on any atom is -0.504 e. The number of phenolic OH excluding ortho intramolecular Hbond substituents is 2. The number of amides is 1. The first-order valence-corrected chi connectivity index (χ1v) is 5.13. The second-order valence-corrected chi connectivity index (χ2v) is 3.77. The zero-order valence-corrected chi connectivity index (χ0v) is 9.56. The smallest absolute Gasteiger partial charge is 0.257 e. The van der Waals surface area contributed by atoms with E-state index in [9.17, 15) is 9.90 Å². The second kappa shape index (κ2) is 4.28. The lowest BCUT2D eigenvalue weighted by Crippen LogP contribution is -2.13. The lowest BCUT2D eigenvalue weighted by molar-refractivity contribution is 0.102. The summed E-state index contributed by atoms with van der Waals surface area (Å²) in [7, 11) is 0. The fourth-order valence-electron chi connectivity index (χ4n) is 1.38. The first-order chi connectivity index (χ1) is 8.49. The summed E-state index contributed by atoms with van der Waals surface area (Å²) in [6.45, 7) is 1.73. The van der Waals surface area contributed by atoms with Gasteiger partial charge in [-0.05, 0) is 25.1 Å². The number of aromatic nitrogens is 2. The van der Waals surface area contributed by atoms with E-state index in [1.54, 1.807) is 6.92 Å². The molecular formula is C11H12N4O3. The SMILES string of the molecule is Cc1[nH]nc(NC(=O)c2ccc(O)c(O)c2)c1N. The number of anilines is 2. The molecule has 18 heavy (non-hydrogen) atoms. The van der Waals surface area contributed by atoms with Crippen molar-refractivity contribution in [3.8, 4) is 11.5 Å². The first-order valence-electron chi connectivity index (χ1n) is 5.13. The van der Waals surface area contributed by atoms with Gasteiger partial charge in [0.1, 0.15) is 0 Å². The molecule has 1 heterocycles. The van der Waals surface area contributed by atoms with Crippen LogP contribution in [0.5, 0.6) is 11.5 Å².